The highest BCUT2D eigenvalue weighted by atomic mass is 35.5. The second kappa shape index (κ2) is 6.23. The molecule has 5 heteroatoms. The van der Waals surface area contributed by atoms with Gasteiger partial charge in [0.1, 0.15) is 5.75 Å². The Morgan fingerprint density at radius 3 is 2.35 bits per heavy atom. The van der Waals surface area contributed by atoms with Crippen molar-refractivity contribution in [3.05, 3.63) is 62.1 Å². The van der Waals surface area contributed by atoms with Crippen LogP contribution in [0.15, 0.2) is 30.3 Å². The fourth-order valence-electron chi connectivity index (χ4n) is 2.07. The van der Waals surface area contributed by atoms with Gasteiger partial charge in [-0.1, -0.05) is 46.9 Å². The molecule has 1 unspecified atom stereocenters. The molecule has 2 rings (SSSR count). The summed E-state index contributed by atoms with van der Waals surface area (Å²) in [5, 5.41) is 1.66. The summed E-state index contributed by atoms with van der Waals surface area (Å²) in [6.45, 7) is 1.93. The predicted octanol–water partition coefficient (Wildman–Crippen LogP) is 5.01. The van der Waals surface area contributed by atoms with E-state index in [-0.39, 0.29) is 0 Å². The van der Waals surface area contributed by atoms with Crippen LogP contribution < -0.4 is 10.5 Å². The summed E-state index contributed by atoms with van der Waals surface area (Å²) in [6.07, 6.45) is 0. The molecular formula is C15H14Cl3NO. The summed E-state index contributed by atoms with van der Waals surface area (Å²) in [4.78, 5) is 0. The van der Waals surface area contributed by atoms with E-state index >= 15 is 0 Å². The molecule has 1 atom stereocenters. The number of ether oxygens (including phenoxy) is 1. The Hall–Kier alpha value is -0.930. The van der Waals surface area contributed by atoms with E-state index in [9.17, 15) is 0 Å². The molecule has 0 aromatic heterocycles. The lowest BCUT2D eigenvalue weighted by Gasteiger charge is -2.18. The lowest BCUT2D eigenvalue weighted by molar-refractivity contribution is 0.415. The third-order valence-electron chi connectivity index (χ3n) is 3.25. The topological polar surface area (TPSA) is 35.2 Å². The van der Waals surface area contributed by atoms with Gasteiger partial charge < -0.3 is 10.5 Å². The summed E-state index contributed by atoms with van der Waals surface area (Å²) < 4.78 is 5.13. The predicted molar refractivity (Wildman–Crippen MR) is 85.2 cm³/mol. The smallest absolute Gasteiger partial charge is 0.138 e. The van der Waals surface area contributed by atoms with Crippen molar-refractivity contribution in [1.29, 1.82) is 0 Å². The molecular weight excluding hydrogens is 317 g/mol. The number of hydrogen-bond acceptors (Lipinski definition) is 2. The van der Waals surface area contributed by atoms with Crippen molar-refractivity contribution in [3.63, 3.8) is 0 Å². The normalized spacial score (nSPS) is 12.3. The van der Waals surface area contributed by atoms with Gasteiger partial charge in [0.15, 0.2) is 0 Å². The van der Waals surface area contributed by atoms with Crippen LogP contribution in [0, 0.1) is 6.92 Å². The Morgan fingerprint density at radius 2 is 1.70 bits per heavy atom. The minimum atomic E-state index is -0.399. The maximum Gasteiger partial charge on any atom is 0.138 e. The zero-order chi connectivity index (χ0) is 14.9. The number of benzene rings is 2. The van der Waals surface area contributed by atoms with Crippen molar-refractivity contribution in [2.75, 3.05) is 7.11 Å². The Bertz CT molecular complexity index is 643. The first-order chi connectivity index (χ1) is 9.45. The van der Waals surface area contributed by atoms with E-state index in [2.05, 4.69) is 0 Å². The first kappa shape index (κ1) is 15.5. The highest BCUT2D eigenvalue weighted by Gasteiger charge is 2.18. The SMILES string of the molecule is COc1cc(Cl)c(C(N)c2cccc(Cl)c2C)cc1Cl. The zero-order valence-electron chi connectivity index (χ0n) is 11.1. The van der Waals surface area contributed by atoms with E-state index in [0.29, 0.717) is 20.8 Å². The average Bonchev–Trinajstić information content (AvgIpc) is 2.43. The van der Waals surface area contributed by atoms with Gasteiger partial charge in [-0.2, -0.15) is 0 Å². The second-order valence-corrected chi connectivity index (χ2v) is 5.66. The van der Waals surface area contributed by atoms with E-state index in [1.165, 1.54) is 7.11 Å². The van der Waals surface area contributed by atoms with E-state index in [0.717, 1.165) is 16.7 Å². The van der Waals surface area contributed by atoms with Crippen molar-refractivity contribution in [1.82, 2.24) is 0 Å². The third-order valence-corrected chi connectivity index (χ3v) is 4.28. The molecule has 2 N–H and O–H groups in total. The van der Waals surface area contributed by atoms with Crippen LogP contribution in [0.25, 0.3) is 0 Å². The van der Waals surface area contributed by atoms with Gasteiger partial charge >= 0.3 is 0 Å². The van der Waals surface area contributed by atoms with Crippen LogP contribution in [0.4, 0.5) is 0 Å². The standard InChI is InChI=1S/C15H14Cl3NO/c1-8-9(4-3-5-11(8)16)15(19)10-6-13(18)14(20-2)7-12(10)17/h3-7,15H,19H2,1-2H3. The van der Waals surface area contributed by atoms with Gasteiger partial charge in [0.2, 0.25) is 0 Å². The molecule has 2 aromatic rings. The summed E-state index contributed by atoms with van der Waals surface area (Å²) in [5.41, 5.74) is 8.90. The molecule has 0 aliphatic carbocycles. The van der Waals surface area contributed by atoms with Gasteiger partial charge in [-0.05, 0) is 35.7 Å². The molecule has 0 heterocycles. The number of halogens is 3. The molecule has 0 amide bonds. The van der Waals surface area contributed by atoms with Crippen molar-refractivity contribution in [3.8, 4) is 5.75 Å². The van der Waals surface area contributed by atoms with Crippen molar-refractivity contribution >= 4 is 34.8 Å². The maximum atomic E-state index is 6.30. The molecule has 0 radical (unpaired) electrons. The Morgan fingerprint density at radius 1 is 1.00 bits per heavy atom. The van der Waals surface area contributed by atoms with E-state index in [4.69, 9.17) is 45.3 Å². The van der Waals surface area contributed by atoms with Gasteiger partial charge in [-0.15, -0.1) is 0 Å². The molecule has 0 spiro atoms. The Labute approximate surface area is 133 Å². The Balaban J connectivity index is 2.51. The van der Waals surface area contributed by atoms with E-state index in [1.807, 2.05) is 25.1 Å². The molecule has 20 heavy (non-hydrogen) atoms. The molecule has 0 aliphatic heterocycles. The summed E-state index contributed by atoms with van der Waals surface area (Å²) in [6, 6.07) is 8.62. The highest BCUT2D eigenvalue weighted by molar-refractivity contribution is 6.35. The van der Waals surface area contributed by atoms with Gasteiger partial charge in [-0.3, -0.25) is 0 Å². The molecule has 0 saturated carbocycles. The van der Waals surface area contributed by atoms with E-state index in [1.54, 1.807) is 12.1 Å². The lowest BCUT2D eigenvalue weighted by Crippen LogP contribution is -2.14. The largest absolute Gasteiger partial charge is 0.495 e. The molecule has 0 aliphatic rings. The first-order valence-corrected chi connectivity index (χ1v) is 7.12. The number of rotatable bonds is 3. The molecule has 0 saturated heterocycles. The number of hydrogen-bond donors (Lipinski definition) is 1. The average molecular weight is 331 g/mol. The van der Waals surface area contributed by atoms with Gasteiger partial charge in [0.05, 0.1) is 18.2 Å². The maximum absolute atomic E-state index is 6.30. The van der Waals surface area contributed by atoms with Crippen molar-refractivity contribution in [2.24, 2.45) is 5.73 Å². The first-order valence-electron chi connectivity index (χ1n) is 5.99. The van der Waals surface area contributed by atoms with E-state index < -0.39 is 6.04 Å². The van der Waals surface area contributed by atoms with Crippen molar-refractivity contribution < 1.29 is 4.74 Å². The van der Waals surface area contributed by atoms with Crippen LogP contribution in [-0.4, -0.2) is 7.11 Å². The second-order valence-electron chi connectivity index (χ2n) is 4.44. The van der Waals surface area contributed by atoms with Gasteiger partial charge in [-0.25, -0.2) is 0 Å². The summed E-state index contributed by atoms with van der Waals surface area (Å²) in [7, 11) is 1.54. The lowest BCUT2D eigenvalue weighted by atomic mass is 9.95. The molecule has 0 fully saturated rings. The fourth-order valence-corrected chi connectivity index (χ4v) is 2.77. The van der Waals surface area contributed by atoms with Crippen LogP contribution in [0.3, 0.4) is 0 Å². The van der Waals surface area contributed by atoms with Crippen LogP contribution >= 0.6 is 34.8 Å². The highest BCUT2D eigenvalue weighted by Crippen LogP contribution is 2.36. The summed E-state index contributed by atoms with van der Waals surface area (Å²) >= 11 is 18.5. The van der Waals surface area contributed by atoms with Crippen LogP contribution in [-0.2, 0) is 0 Å². The molecule has 0 bridgehead atoms. The molecule has 2 aromatic carbocycles. The number of methoxy groups -OCH3 is 1. The minimum Gasteiger partial charge on any atom is -0.495 e. The monoisotopic (exact) mass is 329 g/mol. The molecule has 2 nitrogen and oxygen atoms in total. The van der Waals surface area contributed by atoms with Crippen molar-refractivity contribution in [2.45, 2.75) is 13.0 Å². The quantitative estimate of drug-likeness (QED) is 0.858. The summed E-state index contributed by atoms with van der Waals surface area (Å²) in [5.74, 6) is 0.524. The van der Waals surface area contributed by atoms with Crippen LogP contribution in [0.5, 0.6) is 5.75 Å². The fraction of sp³-hybridized carbons (Fsp3) is 0.200. The third kappa shape index (κ3) is 2.89. The van der Waals surface area contributed by atoms with Gasteiger partial charge in [0.25, 0.3) is 0 Å². The zero-order valence-corrected chi connectivity index (χ0v) is 13.4. The van der Waals surface area contributed by atoms with Crippen LogP contribution in [0.2, 0.25) is 15.1 Å². The Kier molecular flexibility index (Phi) is 4.82. The minimum absolute atomic E-state index is 0.399. The number of nitrogens with two attached hydrogens (primary N) is 1. The molecule has 106 valence electrons. The van der Waals surface area contributed by atoms with Crippen LogP contribution in [0.1, 0.15) is 22.7 Å². The van der Waals surface area contributed by atoms with Gasteiger partial charge in [0, 0.05) is 16.1 Å².